The molecule has 2 aliphatic carbocycles. The number of carbonyl (C=O) groups is 4. The van der Waals surface area contributed by atoms with E-state index >= 15 is 0 Å². The first-order chi connectivity index (χ1) is 20.1. The molecule has 1 saturated heterocycles. The number of piperidine rings is 1. The van der Waals surface area contributed by atoms with E-state index in [1.54, 1.807) is 32.9 Å². The molecular formula is C30H38N2O11. The second-order valence-corrected chi connectivity index (χ2v) is 12.7. The molecule has 6 atom stereocenters. The topological polar surface area (TPSA) is 181 Å². The average molecular weight is 603 g/mol. The fourth-order valence-corrected chi connectivity index (χ4v) is 6.93. The number of nitrogens with one attached hydrogen (secondary N) is 1. The molecule has 2 bridgehead atoms. The van der Waals surface area contributed by atoms with Crippen LogP contribution in [-0.4, -0.2) is 93.3 Å². The third-order valence-corrected chi connectivity index (χ3v) is 8.87. The van der Waals surface area contributed by atoms with Crippen LogP contribution in [0.25, 0.3) is 0 Å². The number of carboxylic acids is 1. The lowest BCUT2D eigenvalue weighted by atomic mass is 9.50. The summed E-state index contributed by atoms with van der Waals surface area (Å²) in [5.74, 6) is -2.76. The third kappa shape index (κ3) is 5.12. The maximum Gasteiger partial charge on any atom is 0.509 e. The van der Waals surface area contributed by atoms with E-state index in [1.165, 1.54) is 6.92 Å². The maximum absolute atomic E-state index is 13.1. The highest BCUT2D eigenvalue weighted by molar-refractivity contribution is 5.89. The number of amides is 1. The number of rotatable bonds is 8. The van der Waals surface area contributed by atoms with Crippen molar-refractivity contribution in [3.63, 3.8) is 0 Å². The minimum absolute atomic E-state index is 0.142. The van der Waals surface area contributed by atoms with Crippen LogP contribution in [0.3, 0.4) is 0 Å². The summed E-state index contributed by atoms with van der Waals surface area (Å²) in [4.78, 5) is 51.7. The van der Waals surface area contributed by atoms with Crippen LogP contribution in [-0.2, 0) is 47.0 Å². The number of carboxylic acid groups (broad SMARTS) is 1. The van der Waals surface area contributed by atoms with Gasteiger partial charge in [-0.15, -0.1) is 0 Å². The number of aliphatic hydroxyl groups excluding tert-OH is 1. The Bertz CT molecular complexity index is 1380. The van der Waals surface area contributed by atoms with Crippen molar-refractivity contribution in [1.29, 1.82) is 0 Å². The van der Waals surface area contributed by atoms with E-state index in [2.05, 4.69) is 10.2 Å². The van der Waals surface area contributed by atoms with E-state index in [0.29, 0.717) is 30.7 Å². The first-order valence-corrected chi connectivity index (χ1v) is 14.3. The van der Waals surface area contributed by atoms with Gasteiger partial charge >= 0.3 is 18.1 Å². The molecule has 1 spiro atoms. The molecule has 0 unspecified atom stereocenters. The van der Waals surface area contributed by atoms with Crippen LogP contribution in [0.1, 0.15) is 63.6 Å². The number of likely N-dealkylation sites (N-methyl/N-ethyl adjacent to an activating group) is 1. The Balaban J connectivity index is 1.33. The van der Waals surface area contributed by atoms with E-state index in [4.69, 9.17) is 18.9 Å². The van der Waals surface area contributed by atoms with Crippen molar-refractivity contribution in [2.75, 3.05) is 13.6 Å². The predicted molar refractivity (Wildman–Crippen MR) is 148 cm³/mol. The molecule has 4 aliphatic rings. The number of aliphatic carboxylic acids is 1. The molecule has 13 heteroatoms. The Morgan fingerprint density at radius 1 is 1.23 bits per heavy atom. The van der Waals surface area contributed by atoms with Crippen LogP contribution >= 0.6 is 0 Å². The number of ether oxygens (including phenoxy) is 4. The molecule has 0 aromatic heterocycles. The van der Waals surface area contributed by atoms with Crippen molar-refractivity contribution < 1.29 is 53.4 Å². The van der Waals surface area contributed by atoms with Crippen LogP contribution in [0.5, 0.6) is 5.75 Å². The highest BCUT2D eigenvalue weighted by atomic mass is 16.7. The molecule has 4 N–H and O–H groups in total. The molecule has 0 saturated carbocycles. The van der Waals surface area contributed by atoms with Gasteiger partial charge in [-0.2, -0.15) is 0 Å². The van der Waals surface area contributed by atoms with Crippen molar-refractivity contribution in [1.82, 2.24) is 10.2 Å². The zero-order valence-corrected chi connectivity index (χ0v) is 24.8. The van der Waals surface area contributed by atoms with E-state index in [9.17, 15) is 34.5 Å². The zero-order chi connectivity index (χ0) is 31.5. The van der Waals surface area contributed by atoms with Crippen molar-refractivity contribution >= 4 is 24.0 Å². The maximum atomic E-state index is 13.1. The Labute approximate surface area is 248 Å². The molecule has 43 heavy (non-hydrogen) atoms. The first kappa shape index (κ1) is 30.8. The molecule has 13 nitrogen and oxygen atoms in total. The SMILES string of the molecule is C[C@H](OC(=O)OC(C)(C)C)C(=O)N[C@@H](CC(=O)OC1=CC[C@@]2(O)[C@H]3Cc4ccc(CO)c5c4[C@@]2(CCN3C)[C@H]1O5)C(=O)O. The lowest BCUT2D eigenvalue weighted by molar-refractivity contribution is -0.169. The number of nitrogens with zero attached hydrogens (tertiary/aromatic N) is 1. The predicted octanol–water partition coefficient (Wildman–Crippen LogP) is 1.30. The highest BCUT2D eigenvalue weighted by Crippen LogP contribution is 2.64. The lowest BCUT2D eigenvalue weighted by Gasteiger charge is -2.61. The van der Waals surface area contributed by atoms with Gasteiger partial charge in [0.25, 0.3) is 5.91 Å². The normalized spacial score (nSPS) is 28.4. The minimum Gasteiger partial charge on any atom is -0.481 e. The van der Waals surface area contributed by atoms with Crippen LogP contribution in [0.15, 0.2) is 24.0 Å². The van der Waals surface area contributed by atoms with E-state index in [0.717, 1.165) is 11.1 Å². The van der Waals surface area contributed by atoms with Gasteiger partial charge in [0.15, 0.2) is 12.2 Å². The van der Waals surface area contributed by atoms with Gasteiger partial charge in [0.05, 0.1) is 24.0 Å². The molecular weight excluding hydrogens is 564 g/mol. The smallest absolute Gasteiger partial charge is 0.481 e. The van der Waals surface area contributed by atoms with Gasteiger partial charge in [0, 0.05) is 23.6 Å². The van der Waals surface area contributed by atoms with Gasteiger partial charge in [0.2, 0.25) is 0 Å². The molecule has 2 aliphatic heterocycles. The van der Waals surface area contributed by atoms with E-state index in [1.807, 2.05) is 13.1 Å². The Hall–Kier alpha value is -3.68. The molecule has 1 aromatic rings. The van der Waals surface area contributed by atoms with Crippen LogP contribution in [0.2, 0.25) is 0 Å². The number of carbonyl (C=O) groups excluding carboxylic acids is 3. The Kier molecular flexibility index (Phi) is 7.72. The quantitative estimate of drug-likeness (QED) is 0.314. The monoisotopic (exact) mass is 602 g/mol. The fourth-order valence-electron chi connectivity index (χ4n) is 6.93. The number of hydrogen-bond acceptors (Lipinski definition) is 11. The molecule has 5 rings (SSSR count). The van der Waals surface area contributed by atoms with Crippen molar-refractivity contribution in [3.05, 3.63) is 40.7 Å². The molecule has 1 amide bonds. The van der Waals surface area contributed by atoms with E-state index in [-0.39, 0.29) is 24.8 Å². The number of aliphatic hydroxyl groups is 2. The summed E-state index contributed by atoms with van der Waals surface area (Å²) >= 11 is 0. The second kappa shape index (κ2) is 10.8. The summed E-state index contributed by atoms with van der Waals surface area (Å²) in [6.07, 6.45) is -1.23. The van der Waals surface area contributed by atoms with Crippen molar-refractivity contribution in [2.45, 2.75) is 101 Å². The molecule has 1 aromatic carbocycles. The second-order valence-electron chi connectivity index (χ2n) is 12.7. The largest absolute Gasteiger partial charge is 0.509 e. The Morgan fingerprint density at radius 3 is 2.60 bits per heavy atom. The lowest BCUT2D eigenvalue weighted by Crippen LogP contribution is -2.74. The van der Waals surface area contributed by atoms with Crippen molar-refractivity contribution in [3.8, 4) is 5.75 Å². The fraction of sp³-hybridized carbons (Fsp3) is 0.600. The van der Waals surface area contributed by atoms with Gasteiger partial charge in [-0.3, -0.25) is 9.59 Å². The standard InChI is InChI=1S/C30H38N2O11/c1-15(40-27(38)43-28(2,3)4)25(35)31-18(26(36)37)13-21(34)41-19-8-9-30(39)20-12-16-6-7-17(14-33)23-22(16)29(30,24(19)42-23)10-11-32(20)5/h6-8,15,18,20,24,33,39H,9-14H2,1-5H3,(H,31,35)(H,36,37)/t15-,18-,20+,24-,29-,30+/m0/s1. The van der Waals surface area contributed by atoms with Crippen LogP contribution in [0, 0.1) is 0 Å². The molecule has 234 valence electrons. The Morgan fingerprint density at radius 2 is 1.95 bits per heavy atom. The summed E-state index contributed by atoms with van der Waals surface area (Å²) in [5, 5.41) is 34.2. The minimum atomic E-state index is -1.68. The highest BCUT2D eigenvalue weighted by Gasteiger charge is 2.71. The molecule has 0 radical (unpaired) electrons. The van der Waals surface area contributed by atoms with Gasteiger partial charge in [-0.1, -0.05) is 12.1 Å². The summed E-state index contributed by atoms with van der Waals surface area (Å²) in [6, 6.07) is 1.85. The number of benzene rings is 1. The van der Waals surface area contributed by atoms with E-state index < -0.39 is 65.3 Å². The average Bonchev–Trinajstić information content (AvgIpc) is 3.26. The van der Waals surface area contributed by atoms with Crippen molar-refractivity contribution in [2.24, 2.45) is 0 Å². The number of likely N-dealkylation sites (tertiary alicyclic amines) is 1. The molecule has 1 fully saturated rings. The third-order valence-electron chi connectivity index (χ3n) is 8.87. The van der Waals surface area contributed by atoms with Crippen LogP contribution in [0.4, 0.5) is 4.79 Å². The zero-order valence-electron chi connectivity index (χ0n) is 24.8. The number of hydrogen-bond donors (Lipinski definition) is 4. The number of esters is 1. The first-order valence-electron chi connectivity index (χ1n) is 14.3. The summed E-state index contributed by atoms with van der Waals surface area (Å²) in [7, 11) is 1.97. The summed E-state index contributed by atoms with van der Waals surface area (Å²) in [6.45, 7) is 6.48. The van der Waals surface area contributed by atoms with Gasteiger partial charge in [-0.25, -0.2) is 9.59 Å². The van der Waals surface area contributed by atoms with Gasteiger partial charge in [-0.05, 0) is 65.8 Å². The summed E-state index contributed by atoms with van der Waals surface area (Å²) < 4.78 is 22.0. The summed E-state index contributed by atoms with van der Waals surface area (Å²) in [5.41, 5.74) is -0.635. The van der Waals surface area contributed by atoms with Crippen LogP contribution < -0.4 is 10.1 Å². The van der Waals surface area contributed by atoms with Gasteiger partial charge in [0.1, 0.15) is 23.2 Å². The molecule has 2 heterocycles. The van der Waals surface area contributed by atoms with Gasteiger partial charge < -0.3 is 44.5 Å².